The molecule has 0 bridgehead atoms. The van der Waals surface area contributed by atoms with Crippen LogP contribution < -0.4 is 24.8 Å². The van der Waals surface area contributed by atoms with Crippen LogP contribution >= 0.6 is 34.4 Å². The van der Waals surface area contributed by atoms with Crippen LogP contribution in [0.1, 0.15) is 0 Å². The summed E-state index contributed by atoms with van der Waals surface area (Å²) in [6.07, 6.45) is 0. The van der Waals surface area contributed by atoms with E-state index in [0.29, 0.717) is 0 Å². The molecule has 24 nitrogen and oxygen atoms in total. The zero-order chi connectivity index (χ0) is 38.5. The molecule has 320 valence electrons. The third kappa shape index (κ3) is 33.7. The average molecular weight is 930 g/mol. The van der Waals surface area contributed by atoms with Gasteiger partial charge in [0.05, 0.1) is 127 Å². The first-order valence-electron chi connectivity index (χ1n) is 12.9. The molecule has 0 atom stereocenters. The first-order chi connectivity index (χ1) is 22.4. The summed E-state index contributed by atoms with van der Waals surface area (Å²) in [5, 5.41) is 105. The van der Waals surface area contributed by atoms with Crippen molar-refractivity contribution in [3.63, 3.8) is 0 Å². The van der Waals surface area contributed by atoms with E-state index in [0.717, 1.165) is 0 Å². The minimum Gasteiger partial charge on any atom is -1.00 e. The normalized spacial score (nSPS) is 11.8. The molecular weight excluding hydrogens is 878 g/mol. The van der Waals surface area contributed by atoms with Crippen molar-refractivity contribution in [3.8, 4) is 0 Å². The molecule has 0 amide bonds. The number of aliphatic hydroxyl groups excluding tert-OH is 12. The molecule has 0 saturated carbocycles. The molecule has 51 heavy (non-hydrogen) atoms. The molecule has 20 N–H and O–H groups in total. The van der Waals surface area contributed by atoms with Crippen molar-refractivity contribution in [1.29, 1.82) is 0 Å². The van der Waals surface area contributed by atoms with Crippen molar-refractivity contribution < 1.29 is 160 Å². The van der Waals surface area contributed by atoms with Crippen molar-refractivity contribution >= 4 is 34.4 Å². The van der Waals surface area contributed by atoms with Gasteiger partial charge in [0.15, 0.2) is 0 Å². The van der Waals surface area contributed by atoms with E-state index < -0.39 is 135 Å². The van der Waals surface area contributed by atoms with Gasteiger partial charge in [-0.05, 0) is 0 Å². The summed E-state index contributed by atoms with van der Waals surface area (Å²) >= 11 is 0. The van der Waals surface area contributed by atoms with Gasteiger partial charge in [0.2, 0.25) is 0 Å². The molecule has 0 radical (unpaired) electrons. The SMILES string of the molecule is OCC(CO)(CO)COP(O)O.OCC(CO)(CO)COP(O)O.OCC(CO)(CO)COP(O)O.OCC(CO)(CO)COP(O)O.[Cl-].[Cl-].[Ni+2]. The molecule has 0 saturated heterocycles. The van der Waals surface area contributed by atoms with Crippen molar-refractivity contribution in [3.05, 3.63) is 0 Å². The Morgan fingerprint density at radius 2 is 0.373 bits per heavy atom. The topological polar surface area (TPSA) is 442 Å². The van der Waals surface area contributed by atoms with Gasteiger partial charge >= 0.3 is 50.9 Å². The number of rotatable bonds is 24. The van der Waals surface area contributed by atoms with Crippen molar-refractivity contribution in [2.24, 2.45) is 21.7 Å². The Kier molecular flexibility index (Phi) is 53.1. The summed E-state index contributed by atoms with van der Waals surface area (Å²) in [6.45, 7) is -6.98. The van der Waals surface area contributed by atoms with Gasteiger partial charge in [-0.25, -0.2) is 0 Å². The molecule has 0 spiro atoms. The van der Waals surface area contributed by atoms with Gasteiger partial charge in [-0.3, -0.25) is 0 Å². The van der Waals surface area contributed by atoms with E-state index >= 15 is 0 Å². The monoisotopic (exact) mass is 928 g/mol. The molecule has 31 heteroatoms. The maximum Gasteiger partial charge on any atom is 2.00 e. The van der Waals surface area contributed by atoms with E-state index in [-0.39, 0.29) is 67.7 Å². The molecule has 0 fully saturated rings. The Morgan fingerprint density at radius 3 is 0.431 bits per heavy atom. The fourth-order valence-electron chi connectivity index (χ4n) is 1.93. The molecule has 0 aliphatic rings. The molecule has 0 rings (SSSR count). The Morgan fingerprint density at radius 1 is 0.275 bits per heavy atom. The smallest absolute Gasteiger partial charge is 1.00 e. The van der Waals surface area contributed by atoms with Crippen LogP contribution in [0.25, 0.3) is 0 Å². The first kappa shape index (κ1) is 67.6. The van der Waals surface area contributed by atoms with Gasteiger partial charge in [-0.1, -0.05) is 0 Å². The maximum atomic E-state index is 8.73. The van der Waals surface area contributed by atoms with Crippen LogP contribution in [-0.4, -0.2) is 206 Å². The van der Waals surface area contributed by atoms with E-state index in [4.69, 9.17) is 100 Å². The van der Waals surface area contributed by atoms with Crippen LogP contribution in [0.4, 0.5) is 0 Å². The molecular formula is C20H52Cl2NiO24P4. The summed E-state index contributed by atoms with van der Waals surface area (Å²) < 4.78 is 17.5. The zero-order valence-electron chi connectivity index (χ0n) is 26.8. The molecule has 0 aromatic rings. The molecule has 0 aromatic heterocycles. The van der Waals surface area contributed by atoms with E-state index in [9.17, 15) is 0 Å². The van der Waals surface area contributed by atoms with Crippen LogP contribution in [-0.2, 0) is 34.6 Å². The summed E-state index contributed by atoms with van der Waals surface area (Å²) in [4.78, 5) is 66.8. The van der Waals surface area contributed by atoms with Crippen LogP contribution in [0.5, 0.6) is 0 Å². The van der Waals surface area contributed by atoms with Crippen molar-refractivity contribution in [1.82, 2.24) is 0 Å². The van der Waals surface area contributed by atoms with E-state index in [1.807, 2.05) is 0 Å². The molecule has 0 unspecified atom stereocenters. The fraction of sp³-hybridized carbons (Fsp3) is 1.00. The number of halogens is 2. The predicted molar refractivity (Wildman–Crippen MR) is 164 cm³/mol. The third-order valence-electron chi connectivity index (χ3n) is 5.97. The minimum absolute atomic E-state index is 0. The van der Waals surface area contributed by atoms with Gasteiger partial charge in [-0.2, -0.15) is 0 Å². The number of hydrogen-bond acceptors (Lipinski definition) is 24. The Bertz CT molecular complexity index is 556. The fourth-order valence-corrected chi connectivity index (χ4v) is 3.48. The van der Waals surface area contributed by atoms with Gasteiger partial charge in [0.25, 0.3) is 0 Å². The number of hydrogen-bond donors (Lipinski definition) is 20. The van der Waals surface area contributed by atoms with Crippen LogP contribution in [0.3, 0.4) is 0 Å². The van der Waals surface area contributed by atoms with Gasteiger partial charge in [-0.15, -0.1) is 0 Å². The standard InChI is InChI=1S/4C5H13O6P.2ClH.Ni/c4*6-1-5(2-7,3-8)4-11-12(9)10;;;/h4*6-10H,1-4H2;2*1H;/q;;;;;;+2/p-2. The van der Waals surface area contributed by atoms with Crippen LogP contribution in [0.15, 0.2) is 0 Å². The zero-order valence-corrected chi connectivity index (χ0v) is 32.8. The van der Waals surface area contributed by atoms with Gasteiger partial charge in [0.1, 0.15) is 0 Å². The van der Waals surface area contributed by atoms with E-state index in [1.54, 1.807) is 0 Å². The van der Waals surface area contributed by atoms with Crippen LogP contribution in [0.2, 0.25) is 0 Å². The summed E-state index contributed by atoms with van der Waals surface area (Å²) in [7, 11) is -10.1. The minimum atomic E-state index is -2.52. The van der Waals surface area contributed by atoms with Crippen LogP contribution in [0, 0.1) is 21.7 Å². The van der Waals surface area contributed by atoms with E-state index in [2.05, 4.69) is 18.1 Å². The molecule has 0 aromatic carbocycles. The Balaban J connectivity index is -0.0000000993. The number of aliphatic hydroxyl groups is 12. The Labute approximate surface area is 320 Å². The van der Waals surface area contributed by atoms with Gasteiger partial charge in [0, 0.05) is 0 Å². The average Bonchev–Trinajstić information content (AvgIpc) is 3.09. The summed E-state index contributed by atoms with van der Waals surface area (Å²) in [6, 6.07) is 0. The third-order valence-corrected chi connectivity index (χ3v) is 7.41. The van der Waals surface area contributed by atoms with Gasteiger partial charge < -0.3 is 143 Å². The summed E-state index contributed by atoms with van der Waals surface area (Å²) in [5.41, 5.74) is -4.81. The molecule has 0 aliphatic carbocycles. The predicted octanol–water partition coefficient (Wildman–Crippen LogP) is -13.3. The largest absolute Gasteiger partial charge is 2.00 e. The van der Waals surface area contributed by atoms with E-state index in [1.165, 1.54) is 0 Å². The molecule has 0 aliphatic heterocycles. The second kappa shape index (κ2) is 40.0. The second-order valence-corrected chi connectivity index (χ2v) is 13.1. The summed E-state index contributed by atoms with van der Waals surface area (Å²) in [5.74, 6) is 0. The quantitative estimate of drug-likeness (QED) is 0.0316. The van der Waals surface area contributed by atoms with Crippen molar-refractivity contribution in [2.75, 3.05) is 106 Å². The molecule has 0 heterocycles. The maximum absolute atomic E-state index is 8.73. The second-order valence-electron chi connectivity index (χ2n) is 10.0. The first-order valence-corrected chi connectivity index (χ1v) is 17.6. The Hall–Kier alpha value is 1.83. The van der Waals surface area contributed by atoms with Crippen molar-refractivity contribution in [2.45, 2.75) is 0 Å².